The van der Waals surface area contributed by atoms with Crippen LogP contribution in [0.5, 0.6) is 0 Å². The van der Waals surface area contributed by atoms with Crippen LogP contribution in [0.25, 0.3) is 0 Å². The summed E-state index contributed by atoms with van der Waals surface area (Å²) in [5.74, 6) is 1.99. The molecule has 2 heteroatoms. The quantitative estimate of drug-likeness (QED) is 0.739. The third kappa shape index (κ3) is 7.08. The van der Waals surface area contributed by atoms with Crippen molar-refractivity contribution in [2.75, 3.05) is 19.6 Å². The summed E-state index contributed by atoms with van der Waals surface area (Å²) in [6, 6.07) is 0. The molecule has 1 aliphatic heterocycles. The summed E-state index contributed by atoms with van der Waals surface area (Å²) in [7, 11) is 0. The SMILES string of the molecule is CC(C)C1CCCCC1.CCN1CC[C@H](OC(C)C)C1. The van der Waals surface area contributed by atoms with Crippen LogP contribution in [-0.2, 0) is 4.74 Å². The van der Waals surface area contributed by atoms with E-state index >= 15 is 0 Å². The van der Waals surface area contributed by atoms with E-state index in [1.54, 1.807) is 0 Å². The van der Waals surface area contributed by atoms with E-state index in [2.05, 4.69) is 39.5 Å². The van der Waals surface area contributed by atoms with Gasteiger partial charge < -0.3 is 9.64 Å². The zero-order valence-corrected chi connectivity index (χ0v) is 14.5. The van der Waals surface area contributed by atoms with Crippen LogP contribution >= 0.6 is 0 Å². The van der Waals surface area contributed by atoms with Gasteiger partial charge in [-0.2, -0.15) is 0 Å². The first-order valence-corrected chi connectivity index (χ1v) is 8.90. The van der Waals surface area contributed by atoms with Gasteiger partial charge in [0, 0.05) is 13.1 Å². The van der Waals surface area contributed by atoms with Gasteiger partial charge in [-0.3, -0.25) is 0 Å². The Morgan fingerprint density at radius 2 is 1.65 bits per heavy atom. The smallest absolute Gasteiger partial charge is 0.0717 e. The fraction of sp³-hybridized carbons (Fsp3) is 1.00. The molecule has 1 atom stereocenters. The number of rotatable bonds is 4. The lowest BCUT2D eigenvalue weighted by Crippen LogP contribution is -2.24. The molecule has 0 N–H and O–H groups in total. The van der Waals surface area contributed by atoms with E-state index in [1.807, 2.05) is 0 Å². The number of hydrogen-bond donors (Lipinski definition) is 0. The standard InChI is InChI=1S/C9H19NO.C9H18/c1-4-10-6-5-9(7-10)11-8(2)3;1-8(2)9-6-4-3-5-7-9/h8-9H,4-7H2,1-3H3;8-9H,3-7H2,1-2H3/t9-;/m0./s1. The van der Waals surface area contributed by atoms with E-state index in [1.165, 1.54) is 45.1 Å². The number of hydrogen-bond acceptors (Lipinski definition) is 2. The fourth-order valence-electron chi connectivity index (χ4n) is 3.38. The molecule has 1 aliphatic carbocycles. The molecule has 0 amide bonds. The van der Waals surface area contributed by atoms with Crippen LogP contribution in [0.1, 0.15) is 73.1 Å². The van der Waals surface area contributed by atoms with Gasteiger partial charge in [-0.25, -0.2) is 0 Å². The van der Waals surface area contributed by atoms with Crippen molar-refractivity contribution in [2.24, 2.45) is 11.8 Å². The highest BCUT2D eigenvalue weighted by Crippen LogP contribution is 2.29. The Hall–Kier alpha value is -0.0800. The van der Waals surface area contributed by atoms with Crippen LogP contribution in [0.15, 0.2) is 0 Å². The third-order valence-corrected chi connectivity index (χ3v) is 4.73. The van der Waals surface area contributed by atoms with Crippen LogP contribution < -0.4 is 0 Å². The number of likely N-dealkylation sites (N-methyl/N-ethyl adjacent to an activating group) is 1. The number of likely N-dealkylation sites (tertiary alicyclic amines) is 1. The maximum atomic E-state index is 5.70. The van der Waals surface area contributed by atoms with E-state index in [9.17, 15) is 0 Å². The topological polar surface area (TPSA) is 12.5 Å². The molecule has 2 fully saturated rings. The van der Waals surface area contributed by atoms with Crippen LogP contribution in [0.3, 0.4) is 0 Å². The summed E-state index contributed by atoms with van der Waals surface area (Å²) in [4.78, 5) is 2.44. The average molecular weight is 284 g/mol. The van der Waals surface area contributed by atoms with Gasteiger partial charge in [0.05, 0.1) is 12.2 Å². The highest BCUT2D eigenvalue weighted by Gasteiger charge is 2.22. The minimum atomic E-state index is 0.386. The van der Waals surface area contributed by atoms with E-state index < -0.39 is 0 Å². The Morgan fingerprint density at radius 1 is 1.00 bits per heavy atom. The lowest BCUT2D eigenvalue weighted by atomic mass is 9.82. The Morgan fingerprint density at radius 3 is 2.05 bits per heavy atom. The predicted octanol–water partition coefficient (Wildman–Crippen LogP) is 4.73. The molecule has 0 aromatic carbocycles. The molecule has 20 heavy (non-hydrogen) atoms. The Balaban J connectivity index is 0.000000204. The van der Waals surface area contributed by atoms with Gasteiger partial charge in [-0.05, 0) is 38.6 Å². The summed E-state index contributed by atoms with van der Waals surface area (Å²) in [5.41, 5.74) is 0. The average Bonchev–Trinajstić information content (AvgIpc) is 2.87. The lowest BCUT2D eigenvalue weighted by molar-refractivity contribution is 0.0143. The second-order valence-electron chi connectivity index (χ2n) is 7.13. The maximum absolute atomic E-state index is 5.70. The van der Waals surface area contributed by atoms with Gasteiger partial charge in [0.1, 0.15) is 0 Å². The first kappa shape index (κ1) is 18.0. The molecular formula is C18H37NO. The second-order valence-corrected chi connectivity index (χ2v) is 7.13. The Kier molecular flexibility index (Phi) is 8.79. The molecule has 0 bridgehead atoms. The molecule has 0 spiro atoms. The summed E-state index contributed by atoms with van der Waals surface area (Å²) in [5, 5.41) is 0. The van der Waals surface area contributed by atoms with Crippen LogP contribution in [0.4, 0.5) is 0 Å². The minimum Gasteiger partial charge on any atom is -0.374 e. The van der Waals surface area contributed by atoms with E-state index in [0.717, 1.165) is 24.9 Å². The molecule has 2 nitrogen and oxygen atoms in total. The van der Waals surface area contributed by atoms with Crippen molar-refractivity contribution in [3.05, 3.63) is 0 Å². The van der Waals surface area contributed by atoms with Gasteiger partial charge in [-0.15, -0.1) is 0 Å². The largest absolute Gasteiger partial charge is 0.374 e. The molecule has 2 rings (SSSR count). The van der Waals surface area contributed by atoms with Crippen molar-refractivity contribution in [3.63, 3.8) is 0 Å². The molecule has 1 saturated carbocycles. The van der Waals surface area contributed by atoms with Crippen LogP contribution in [0, 0.1) is 11.8 Å². The molecule has 0 aromatic rings. The summed E-state index contributed by atoms with van der Waals surface area (Å²) >= 11 is 0. The second kappa shape index (κ2) is 9.78. The first-order valence-electron chi connectivity index (χ1n) is 8.90. The zero-order chi connectivity index (χ0) is 15.0. The van der Waals surface area contributed by atoms with Gasteiger partial charge >= 0.3 is 0 Å². The molecule has 2 aliphatic rings. The van der Waals surface area contributed by atoms with E-state index in [4.69, 9.17) is 4.74 Å². The highest BCUT2D eigenvalue weighted by atomic mass is 16.5. The van der Waals surface area contributed by atoms with Crippen molar-refractivity contribution < 1.29 is 4.74 Å². The molecular weight excluding hydrogens is 246 g/mol. The summed E-state index contributed by atoms with van der Waals surface area (Å²) in [6.07, 6.45) is 9.56. The third-order valence-electron chi connectivity index (χ3n) is 4.73. The maximum Gasteiger partial charge on any atom is 0.0717 e. The Labute approximate surface area is 127 Å². The van der Waals surface area contributed by atoms with Gasteiger partial charge in [-0.1, -0.05) is 52.9 Å². The van der Waals surface area contributed by atoms with Crippen molar-refractivity contribution in [1.29, 1.82) is 0 Å². The van der Waals surface area contributed by atoms with Crippen molar-refractivity contribution in [2.45, 2.75) is 85.4 Å². The van der Waals surface area contributed by atoms with Gasteiger partial charge in [0.25, 0.3) is 0 Å². The summed E-state index contributed by atoms with van der Waals surface area (Å²) < 4.78 is 5.70. The van der Waals surface area contributed by atoms with Crippen molar-refractivity contribution >= 4 is 0 Å². The first-order chi connectivity index (χ1) is 9.52. The number of nitrogens with zero attached hydrogens (tertiary/aromatic N) is 1. The monoisotopic (exact) mass is 283 g/mol. The van der Waals surface area contributed by atoms with E-state index in [-0.39, 0.29) is 0 Å². The van der Waals surface area contributed by atoms with Crippen LogP contribution in [0.2, 0.25) is 0 Å². The molecule has 0 radical (unpaired) electrons. The molecule has 1 saturated heterocycles. The van der Waals surface area contributed by atoms with E-state index in [0.29, 0.717) is 12.2 Å². The molecule has 120 valence electrons. The van der Waals surface area contributed by atoms with Gasteiger partial charge in [0.15, 0.2) is 0 Å². The summed E-state index contributed by atoms with van der Waals surface area (Å²) in [6.45, 7) is 14.6. The van der Waals surface area contributed by atoms with Crippen molar-refractivity contribution in [1.82, 2.24) is 4.90 Å². The molecule has 1 heterocycles. The number of ether oxygens (including phenoxy) is 1. The highest BCUT2D eigenvalue weighted by molar-refractivity contribution is 4.75. The fourth-order valence-corrected chi connectivity index (χ4v) is 3.38. The Bertz CT molecular complexity index is 234. The normalized spacial score (nSPS) is 25.1. The van der Waals surface area contributed by atoms with Crippen LogP contribution in [-0.4, -0.2) is 36.7 Å². The van der Waals surface area contributed by atoms with Crippen molar-refractivity contribution in [3.8, 4) is 0 Å². The minimum absolute atomic E-state index is 0.386. The predicted molar refractivity (Wildman–Crippen MR) is 88.2 cm³/mol. The lowest BCUT2D eigenvalue weighted by Gasteiger charge is -2.24. The molecule has 0 unspecified atom stereocenters. The zero-order valence-electron chi connectivity index (χ0n) is 14.5. The van der Waals surface area contributed by atoms with Gasteiger partial charge in [0.2, 0.25) is 0 Å². The molecule has 0 aromatic heterocycles.